The monoisotopic (exact) mass is 262 g/mol. The molecule has 98 valence electrons. The molecule has 3 rings (SSSR count). The number of rotatable bonds is 3. The van der Waals surface area contributed by atoms with Gasteiger partial charge in [-0.05, 0) is 36.8 Å². The van der Waals surface area contributed by atoms with Crippen molar-refractivity contribution in [2.45, 2.75) is 6.92 Å². The molecule has 0 bridgehead atoms. The van der Waals surface area contributed by atoms with Gasteiger partial charge in [0.1, 0.15) is 0 Å². The van der Waals surface area contributed by atoms with Gasteiger partial charge in [0, 0.05) is 29.8 Å². The van der Waals surface area contributed by atoms with Crippen LogP contribution in [-0.2, 0) is 0 Å². The SMILES string of the molecule is Cc1cnc(Nc2ccccc2)nc1-c1ccncc1. The van der Waals surface area contributed by atoms with Gasteiger partial charge in [0.25, 0.3) is 0 Å². The molecular formula is C16H14N4. The number of benzene rings is 1. The van der Waals surface area contributed by atoms with Gasteiger partial charge in [0.05, 0.1) is 5.69 Å². The summed E-state index contributed by atoms with van der Waals surface area (Å²) >= 11 is 0. The van der Waals surface area contributed by atoms with Gasteiger partial charge in [-0.25, -0.2) is 9.97 Å². The minimum absolute atomic E-state index is 0.591. The van der Waals surface area contributed by atoms with Crippen molar-refractivity contribution in [3.63, 3.8) is 0 Å². The highest BCUT2D eigenvalue weighted by Crippen LogP contribution is 2.22. The fourth-order valence-electron chi connectivity index (χ4n) is 1.95. The van der Waals surface area contributed by atoms with Crippen LogP contribution in [0.2, 0.25) is 0 Å². The summed E-state index contributed by atoms with van der Waals surface area (Å²) in [6.45, 7) is 2.00. The molecular weight excluding hydrogens is 248 g/mol. The van der Waals surface area contributed by atoms with E-state index in [0.29, 0.717) is 5.95 Å². The first-order valence-electron chi connectivity index (χ1n) is 6.39. The summed E-state index contributed by atoms with van der Waals surface area (Å²) in [6, 6.07) is 13.8. The first-order chi connectivity index (χ1) is 9.83. The average Bonchev–Trinajstić information content (AvgIpc) is 2.51. The van der Waals surface area contributed by atoms with Gasteiger partial charge in [-0.2, -0.15) is 0 Å². The molecule has 20 heavy (non-hydrogen) atoms. The van der Waals surface area contributed by atoms with Crippen LogP contribution in [0.3, 0.4) is 0 Å². The van der Waals surface area contributed by atoms with E-state index in [2.05, 4.69) is 20.3 Å². The molecule has 0 spiro atoms. The van der Waals surface area contributed by atoms with Crippen LogP contribution in [0.25, 0.3) is 11.3 Å². The van der Waals surface area contributed by atoms with Gasteiger partial charge >= 0.3 is 0 Å². The molecule has 0 unspecified atom stereocenters. The minimum Gasteiger partial charge on any atom is -0.324 e. The Kier molecular flexibility index (Phi) is 3.37. The van der Waals surface area contributed by atoms with Crippen molar-refractivity contribution >= 4 is 11.6 Å². The maximum absolute atomic E-state index is 4.59. The summed E-state index contributed by atoms with van der Waals surface area (Å²) in [6.07, 6.45) is 5.36. The molecule has 0 fully saturated rings. The molecule has 1 N–H and O–H groups in total. The molecule has 0 aliphatic rings. The zero-order valence-corrected chi connectivity index (χ0v) is 11.1. The molecule has 0 saturated carbocycles. The molecule has 0 saturated heterocycles. The third kappa shape index (κ3) is 2.64. The van der Waals surface area contributed by atoms with Crippen LogP contribution in [0, 0.1) is 6.92 Å². The van der Waals surface area contributed by atoms with E-state index in [1.54, 1.807) is 12.4 Å². The van der Waals surface area contributed by atoms with E-state index in [9.17, 15) is 0 Å². The number of hydrogen-bond donors (Lipinski definition) is 1. The molecule has 4 nitrogen and oxygen atoms in total. The van der Waals surface area contributed by atoms with E-state index < -0.39 is 0 Å². The first kappa shape index (κ1) is 12.3. The fourth-order valence-corrected chi connectivity index (χ4v) is 1.95. The average molecular weight is 262 g/mol. The van der Waals surface area contributed by atoms with Crippen LogP contribution in [-0.4, -0.2) is 15.0 Å². The van der Waals surface area contributed by atoms with Crippen LogP contribution < -0.4 is 5.32 Å². The van der Waals surface area contributed by atoms with Crippen LogP contribution >= 0.6 is 0 Å². The van der Waals surface area contributed by atoms with Gasteiger partial charge in [-0.1, -0.05) is 18.2 Å². The predicted molar refractivity (Wildman–Crippen MR) is 79.7 cm³/mol. The second-order valence-electron chi connectivity index (χ2n) is 4.45. The number of nitrogens with one attached hydrogen (secondary N) is 1. The van der Waals surface area contributed by atoms with Crippen LogP contribution in [0.4, 0.5) is 11.6 Å². The summed E-state index contributed by atoms with van der Waals surface area (Å²) in [5.41, 5.74) is 3.96. The molecule has 0 atom stereocenters. The highest BCUT2D eigenvalue weighted by Gasteiger charge is 2.06. The standard InChI is InChI=1S/C16H14N4/c1-12-11-18-16(19-14-5-3-2-4-6-14)20-15(12)13-7-9-17-10-8-13/h2-11H,1H3,(H,18,19,20). The lowest BCUT2D eigenvalue weighted by Gasteiger charge is -2.08. The molecule has 2 heterocycles. The number of anilines is 2. The normalized spacial score (nSPS) is 10.2. The summed E-state index contributed by atoms with van der Waals surface area (Å²) in [4.78, 5) is 12.9. The highest BCUT2D eigenvalue weighted by molar-refractivity contribution is 5.64. The lowest BCUT2D eigenvalue weighted by atomic mass is 10.1. The smallest absolute Gasteiger partial charge is 0.227 e. The van der Waals surface area contributed by atoms with Crippen LogP contribution in [0.1, 0.15) is 5.56 Å². The largest absolute Gasteiger partial charge is 0.324 e. The van der Waals surface area contributed by atoms with E-state index in [4.69, 9.17) is 0 Å². The van der Waals surface area contributed by atoms with Gasteiger partial charge in [0.15, 0.2) is 0 Å². The van der Waals surface area contributed by atoms with Crippen molar-refractivity contribution in [1.29, 1.82) is 0 Å². The van der Waals surface area contributed by atoms with Gasteiger partial charge < -0.3 is 5.32 Å². The first-order valence-corrected chi connectivity index (χ1v) is 6.39. The van der Waals surface area contributed by atoms with Crippen molar-refractivity contribution in [2.75, 3.05) is 5.32 Å². The van der Waals surface area contributed by atoms with Gasteiger partial charge in [-0.3, -0.25) is 4.98 Å². The van der Waals surface area contributed by atoms with Crippen molar-refractivity contribution < 1.29 is 0 Å². The number of aromatic nitrogens is 3. The highest BCUT2D eigenvalue weighted by atomic mass is 15.1. The molecule has 0 amide bonds. The second-order valence-corrected chi connectivity index (χ2v) is 4.45. The molecule has 0 aliphatic heterocycles. The number of aryl methyl sites for hydroxylation is 1. The Hall–Kier alpha value is -2.75. The zero-order valence-electron chi connectivity index (χ0n) is 11.1. The van der Waals surface area contributed by atoms with Gasteiger partial charge in [0.2, 0.25) is 5.95 Å². The Morgan fingerprint density at radius 3 is 2.45 bits per heavy atom. The Labute approximate surface area is 117 Å². The minimum atomic E-state index is 0.591. The molecule has 3 aromatic rings. The summed E-state index contributed by atoms with van der Waals surface area (Å²) in [7, 11) is 0. The Morgan fingerprint density at radius 1 is 0.950 bits per heavy atom. The van der Waals surface area contributed by atoms with Gasteiger partial charge in [-0.15, -0.1) is 0 Å². The van der Waals surface area contributed by atoms with Crippen molar-refractivity contribution in [1.82, 2.24) is 15.0 Å². The van der Waals surface area contributed by atoms with E-state index in [0.717, 1.165) is 22.5 Å². The topological polar surface area (TPSA) is 50.7 Å². The van der Waals surface area contributed by atoms with Crippen molar-refractivity contribution in [2.24, 2.45) is 0 Å². The summed E-state index contributed by atoms with van der Waals surface area (Å²) in [5.74, 6) is 0.591. The lowest BCUT2D eigenvalue weighted by Crippen LogP contribution is -1.99. The Morgan fingerprint density at radius 2 is 1.70 bits per heavy atom. The Balaban J connectivity index is 1.95. The Bertz CT molecular complexity index is 696. The van der Waals surface area contributed by atoms with Crippen molar-refractivity contribution in [3.05, 3.63) is 66.6 Å². The van der Waals surface area contributed by atoms with Crippen LogP contribution in [0.15, 0.2) is 61.1 Å². The molecule has 0 aliphatic carbocycles. The third-order valence-electron chi connectivity index (χ3n) is 2.96. The molecule has 4 heteroatoms. The third-order valence-corrected chi connectivity index (χ3v) is 2.96. The predicted octanol–water partition coefficient (Wildman–Crippen LogP) is 3.59. The number of para-hydroxylation sites is 1. The maximum Gasteiger partial charge on any atom is 0.227 e. The lowest BCUT2D eigenvalue weighted by molar-refractivity contribution is 1.13. The van der Waals surface area contributed by atoms with Crippen LogP contribution in [0.5, 0.6) is 0 Å². The number of hydrogen-bond acceptors (Lipinski definition) is 4. The second kappa shape index (κ2) is 5.48. The van der Waals surface area contributed by atoms with E-state index in [-0.39, 0.29) is 0 Å². The fraction of sp³-hybridized carbons (Fsp3) is 0.0625. The molecule has 0 radical (unpaired) electrons. The maximum atomic E-state index is 4.59. The number of pyridine rings is 1. The summed E-state index contributed by atoms with van der Waals surface area (Å²) in [5, 5.41) is 3.20. The summed E-state index contributed by atoms with van der Waals surface area (Å²) < 4.78 is 0. The van der Waals surface area contributed by atoms with E-state index in [1.807, 2.05) is 55.6 Å². The van der Waals surface area contributed by atoms with Crippen molar-refractivity contribution in [3.8, 4) is 11.3 Å². The molecule has 1 aromatic carbocycles. The van der Waals surface area contributed by atoms with E-state index in [1.165, 1.54) is 0 Å². The zero-order chi connectivity index (χ0) is 13.8. The molecule has 2 aromatic heterocycles. The number of nitrogens with zero attached hydrogens (tertiary/aromatic N) is 3. The quantitative estimate of drug-likeness (QED) is 0.783. The van der Waals surface area contributed by atoms with E-state index >= 15 is 0 Å².